The zero-order chi connectivity index (χ0) is 15.6. The molecule has 0 spiro atoms. The minimum absolute atomic E-state index is 0.0156. The summed E-state index contributed by atoms with van der Waals surface area (Å²) in [4.78, 5) is 21.5. The van der Waals surface area contributed by atoms with Crippen LogP contribution in [0, 0.1) is 23.0 Å². The van der Waals surface area contributed by atoms with Crippen LogP contribution in [0.4, 0.5) is 5.69 Å². The number of rotatable bonds is 5. The van der Waals surface area contributed by atoms with E-state index in [0.717, 1.165) is 12.5 Å². The first-order chi connectivity index (χ1) is 9.91. The van der Waals surface area contributed by atoms with Gasteiger partial charge in [-0.15, -0.1) is 0 Å². The molecular formula is C13H14ClNO6. The van der Waals surface area contributed by atoms with Crippen LogP contribution in [0.3, 0.4) is 0 Å². The lowest BCUT2D eigenvalue weighted by Gasteiger charge is -2.14. The van der Waals surface area contributed by atoms with Crippen molar-refractivity contribution in [1.82, 2.24) is 0 Å². The van der Waals surface area contributed by atoms with Gasteiger partial charge in [-0.2, -0.15) is 0 Å². The average molecular weight is 316 g/mol. The Morgan fingerprint density at radius 3 is 2.90 bits per heavy atom. The lowest BCUT2D eigenvalue weighted by atomic mass is 10.1. The molecule has 1 heterocycles. The Balaban J connectivity index is 2.35. The van der Waals surface area contributed by atoms with E-state index in [-0.39, 0.29) is 34.4 Å². The SMILES string of the molecule is Cc1c(Cl)c(C(=O)O)cc([N+](=O)[O-])c1OCC1CCOC1. The Labute approximate surface area is 125 Å². The summed E-state index contributed by atoms with van der Waals surface area (Å²) in [6.45, 7) is 2.97. The van der Waals surface area contributed by atoms with Crippen molar-refractivity contribution >= 4 is 23.3 Å². The third-order valence-electron chi connectivity index (χ3n) is 3.33. The molecule has 7 nitrogen and oxygen atoms in total. The highest BCUT2D eigenvalue weighted by Gasteiger charge is 2.27. The predicted octanol–water partition coefficient (Wildman–Crippen LogP) is 2.67. The van der Waals surface area contributed by atoms with Gasteiger partial charge in [0.15, 0.2) is 0 Å². The molecule has 1 N–H and O–H groups in total. The number of nitrogens with zero attached hydrogens (tertiary/aromatic N) is 1. The molecule has 21 heavy (non-hydrogen) atoms. The van der Waals surface area contributed by atoms with E-state index in [4.69, 9.17) is 26.2 Å². The molecular weight excluding hydrogens is 302 g/mol. The summed E-state index contributed by atoms with van der Waals surface area (Å²) in [6, 6.07) is 0.929. The van der Waals surface area contributed by atoms with E-state index in [9.17, 15) is 14.9 Å². The number of carbonyl (C=O) groups is 1. The van der Waals surface area contributed by atoms with Gasteiger partial charge in [0.2, 0.25) is 5.75 Å². The maximum atomic E-state index is 11.1. The number of carboxylic acids is 1. The van der Waals surface area contributed by atoms with Gasteiger partial charge < -0.3 is 14.6 Å². The molecule has 8 heteroatoms. The molecule has 1 unspecified atom stereocenters. The first kappa shape index (κ1) is 15.5. The summed E-state index contributed by atoms with van der Waals surface area (Å²) in [6.07, 6.45) is 0.827. The molecule has 2 rings (SSSR count). The van der Waals surface area contributed by atoms with Crippen molar-refractivity contribution in [2.24, 2.45) is 5.92 Å². The Morgan fingerprint density at radius 2 is 2.38 bits per heavy atom. The standard InChI is InChI=1S/C13H14ClNO6/c1-7-11(14)9(13(16)17)4-10(15(18)19)12(7)21-6-8-2-3-20-5-8/h4,8H,2-3,5-6H2,1H3,(H,16,17). The number of nitro benzene ring substituents is 1. The van der Waals surface area contributed by atoms with Crippen molar-refractivity contribution < 1.29 is 24.3 Å². The number of benzene rings is 1. The van der Waals surface area contributed by atoms with Crippen molar-refractivity contribution in [3.8, 4) is 5.75 Å². The summed E-state index contributed by atoms with van der Waals surface area (Å²) in [5, 5.41) is 20.1. The Bertz CT molecular complexity index is 583. The van der Waals surface area contributed by atoms with Crippen LogP contribution in [0.2, 0.25) is 5.02 Å². The van der Waals surface area contributed by atoms with Gasteiger partial charge >= 0.3 is 11.7 Å². The van der Waals surface area contributed by atoms with Gasteiger partial charge in [0.05, 0.1) is 28.7 Å². The molecule has 0 amide bonds. The van der Waals surface area contributed by atoms with Crippen molar-refractivity contribution in [1.29, 1.82) is 0 Å². The van der Waals surface area contributed by atoms with Crippen molar-refractivity contribution in [3.63, 3.8) is 0 Å². The average Bonchev–Trinajstić information content (AvgIpc) is 2.92. The smallest absolute Gasteiger partial charge is 0.337 e. The zero-order valence-corrected chi connectivity index (χ0v) is 12.1. The molecule has 1 aromatic carbocycles. The number of halogens is 1. The summed E-state index contributed by atoms with van der Waals surface area (Å²) in [7, 11) is 0. The molecule has 114 valence electrons. The molecule has 1 atom stereocenters. The van der Waals surface area contributed by atoms with Crippen LogP contribution in [-0.2, 0) is 4.74 Å². The van der Waals surface area contributed by atoms with E-state index >= 15 is 0 Å². The third kappa shape index (κ3) is 3.25. The summed E-state index contributed by atoms with van der Waals surface area (Å²) in [5.74, 6) is -1.13. The van der Waals surface area contributed by atoms with Crippen molar-refractivity contribution in [3.05, 3.63) is 32.3 Å². The second-order valence-corrected chi connectivity index (χ2v) is 5.19. The van der Waals surface area contributed by atoms with E-state index in [2.05, 4.69) is 0 Å². The van der Waals surface area contributed by atoms with Gasteiger partial charge in [0, 0.05) is 24.2 Å². The Kier molecular flexibility index (Phi) is 4.64. The predicted molar refractivity (Wildman–Crippen MR) is 74.2 cm³/mol. The number of aromatic carboxylic acids is 1. The molecule has 0 aliphatic carbocycles. The minimum Gasteiger partial charge on any atom is -0.486 e. The zero-order valence-electron chi connectivity index (χ0n) is 11.3. The lowest BCUT2D eigenvalue weighted by Crippen LogP contribution is -2.14. The van der Waals surface area contributed by atoms with Gasteiger partial charge in [-0.1, -0.05) is 11.6 Å². The molecule has 0 aromatic heterocycles. The maximum Gasteiger partial charge on any atom is 0.337 e. The number of hydrogen-bond acceptors (Lipinski definition) is 5. The van der Waals surface area contributed by atoms with Crippen LogP contribution in [-0.4, -0.2) is 35.8 Å². The van der Waals surface area contributed by atoms with Crippen molar-refractivity contribution in [2.45, 2.75) is 13.3 Å². The van der Waals surface area contributed by atoms with Gasteiger partial charge in [0.25, 0.3) is 0 Å². The monoisotopic (exact) mass is 315 g/mol. The van der Waals surface area contributed by atoms with Crippen molar-refractivity contribution in [2.75, 3.05) is 19.8 Å². The van der Waals surface area contributed by atoms with Crippen LogP contribution in [0.15, 0.2) is 6.07 Å². The largest absolute Gasteiger partial charge is 0.486 e. The fourth-order valence-corrected chi connectivity index (χ4v) is 2.37. The first-order valence-corrected chi connectivity index (χ1v) is 6.71. The van der Waals surface area contributed by atoms with E-state index in [1.54, 1.807) is 0 Å². The molecule has 1 saturated heterocycles. The molecule has 0 radical (unpaired) electrons. The highest BCUT2D eigenvalue weighted by Crippen LogP contribution is 2.38. The lowest BCUT2D eigenvalue weighted by molar-refractivity contribution is -0.386. The van der Waals surface area contributed by atoms with E-state index in [0.29, 0.717) is 13.2 Å². The summed E-state index contributed by atoms with van der Waals surface area (Å²) < 4.78 is 10.7. The second-order valence-electron chi connectivity index (χ2n) is 4.81. The van der Waals surface area contributed by atoms with Gasteiger partial charge in [0.1, 0.15) is 0 Å². The Morgan fingerprint density at radius 1 is 1.67 bits per heavy atom. The number of hydrogen-bond donors (Lipinski definition) is 1. The van der Waals surface area contributed by atoms with E-state index in [1.807, 2.05) is 0 Å². The summed E-state index contributed by atoms with van der Waals surface area (Å²) in [5.41, 5.74) is -0.451. The Hall–Kier alpha value is -1.86. The summed E-state index contributed by atoms with van der Waals surface area (Å²) >= 11 is 5.96. The topological polar surface area (TPSA) is 98.9 Å². The van der Waals surface area contributed by atoms with Crippen LogP contribution in [0.1, 0.15) is 22.3 Å². The number of nitro groups is 1. The normalized spacial score (nSPS) is 17.7. The second kappa shape index (κ2) is 6.28. The minimum atomic E-state index is -1.32. The molecule has 1 aliphatic rings. The number of carboxylic acid groups (broad SMARTS) is 1. The van der Waals surface area contributed by atoms with Gasteiger partial charge in [-0.25, -0.2) is 4.79 Å². The van der Waals surface area contributed by atoms with E-state index in [1.165, 1.54) is 6.92 Å². The van der Waals surface area contributed by atoms with Crippen LogP contribution in [0.5, 0.6) is 5.75 Å². The van der Waals surface area contributed by atoms with Gasteiger partial charge in [-0.05, 0) is 13.3 Å². The molecule has 0 saturated carbocycles. The van der Waals surface area contributed by atoms with E-state index < -0.39 is 16.6 Å². The number of ether oxygens (including phenoxy) is 2. The van der Waals surface area contributed by atoms with Crippen LogP contribution < -0.4 is 4.74 Å². The quantitative estimate of drug-likeness (QED) is 0.662. The highest BCUT2D eigenvalue weighted by atomic mass is 35.5. The molecule has 1 aromatic rings. The first-order valence-electron chi connectivity index (χ1n) is 6.33. The van der Waals surface area contributed by atoms with Crippen LogP contribution in [0.25, 0.3) is 0 Å². The molecule has 1 aliphatic heterocycles. The maximum absolute atomic E-state index is 11.1. The third-order valence-corrected chi connectivity index (χ3v) is 3.82. The molecule has 0 bridgehead atoms. The van der Waals surface area contributed by atoms with Crippen LogP contribution >= 0.6 is 11.6 Å². The highest BCUT2D eigenvalue weighted by molar-refractivity contribution is 6.34. The fraction of sp³-hybridized carbons (Fsp3) is 0.462. The van der Waals surface area contributed by atoms with Gasteiger partial charge in [-0.3, -0.25) is 10.1 Å². The fourth-order valence-electron chi connectivity index (χ4n) is 2.15. The molecule has 1 fully saturated rings.